The maximum Gasteiger partial charge on any atom is 0.511 e. The van der Waals surface area contributed by atoms with E-state index < -0.39 is 26.2 Å². The molecule has 4 atom stereocenters. The summed E-state index contributed by atoms with van der Waals surface area (Å²) in [6.45, 7) is 3.99. The van der Waals surface area contributed by atoms with Crippen molar-refractivity contribution in [2.45, 2.75) is 77.5 Å². The van der Waals surface area contributed by atoms with Gasteiger partial charge in [-0.05, 0) is 29.2 Å². The van der Waals surface area contributed by atoms with E-state index in [1.54, 1.807) is 6.20 Å². The molecule has 1 saturated carbocycles. The highest BCUT2D eigenvalue weighted by Gasteiger charge is 2.36. The predicted octanol–water partition coefficient (Wildman–Crippen LogP) is 3.29. The van der Waals surface area contributed by atoms with Gasteiger partial charge < -0.3 is 20.8 Å². The van der Waals surface area contributed by atoms with Gasteiger partial charge >= 0.3 is 14.0 Å². The Labute approximate surface area is 191 Å². The first-order valence-corrected chi connectivity index (χ1v) is 12.9. The molecule has 0 radical (unpaired) electrons. The largest absolute Gasteiger partial charge is 0.511 e. The number of rotatable bonds is 13. The number of nitrogens with one attached hydrogen (secondary N) is 2. The van der Waals surface area contributed by atoms with Gasteiger partial charge in [-0.15, -0.1) is 4.52 Å². The Morgan fingerprint density at radius 2 is 2.03 bits per heavy atom. The van der Waals surface area contributed by atoms with Gasteiger partial charge in [-0.3, -0.25) is 9.59 Å². The van der Waals surface area contributed by atoms with E-state index >= 15 is 0 Å². The Morgan fingerprint density at radius 3 is 2.62 bits per heavy atom. The summed E-state index contributed by atoms with van der Waals surface area (Å²) in [7, 11) is -0.838. The van der Waals surface area contributed by atoms with Crippen molar-refractivity contribution >= 4 is 19.9 Å². The minimum absolute atomic E-state index is 0.0669. The zero-order chi connectivity index (χ0) is 23.5. The number of nitrogens with two attached hydrogens (primary N) is 1. The summed E-state index contributed by atoms with van der Waals surface area (Å²) in [5, 5.41) is 2.84. The molecule has 9 nitrogen and oxygen atoms in total. The lowest BCUT2D eigenvalue weighted by Gasteiger charge is -2.25. The van der Waals surface area contributed by atoms with Crippen molar-refractivity contribution < 1.29 is 23.4 Å². The van der Waals surface area contributed by atoms with E-state index in [1.165, 1.54) is 19.9 Å². The maximum atomic E-state index is 12.8. The van der Waals surface area contributed by atoms with E-state index in [1.807, 2.05) is 13.8 Å². The van der Waals surface area contributed by atoms with Crippen LogP contribution in [0.15, 0.2) is 12.5 Å². The summed E-state index contributed by atoms with van der Waals surface area (Å²) in [6.07, 6.45) is 9.61. The Hall–Kier alpha value is -1.83. The molecule has 1 aromatic rings. The molecule has 0 aliphatic heterocycles. The number of nitrogens with zero attached hydrogens (tertiary/aromatic N) is 1. The van der Waals surface area contributed by atoms with Crippen LogP contribution in [0.1, 0.15) is 64.5 Å². The van der Waals surface area contributed by atoms with Gasteiger partial charge in [0.1, 0.15) is 5.92 Å². The fourth-order valence-corrected chi connectivity index (χ4v) is 5.36. The zero-order valence-electron chi connectivity index (χ0n) is 19.4. The molecule has 180 valence electrons. The monoisotopic (exact) mass is 469 g/mol. The van der Waals surface area contributed by atoms with Crippen LogP contribution in [0.4, 0.5) is 0 Å². The van der Waals surface area contributed by atoms with Crippen molar-refractivity contribution in [3.63, 3.8) is 0 Å². The van der Waals surface area contributed by atoms with Crippen molar-refractivity contribution in [1.29, 1.82) is 0 Å². The first kappa shape index (κ1) is 26.4. The molecule has 32 heavy (non-hydrogen) atoms. The fraction of sp³-hybridized carbons (Fsp3) is 0.773. The SMILES string of the molecule is COC(=O)C(CC(C)C)C[P+](=O)OC(CC1CCCCC1)NC(=O)[C@@H](N)Cc1cnc[nH]1. The third kappa shape index (κ3) is 9.35. The van der Waals surface area contributed by atoms with Crippen molar-refractivity contribution in [2.75, 3.05) is 13.3 Å². The molecule has 0 bridgehead atoms. The highest BCUT2D eigenvalue weighted by Crippen LogP contribution is 2.34. The van der Waals surface area contributed by atoms with Crippen molar-refractivity contribution in [2.24, 2.45) is 23.5 Å². The van der Waals surface area contributed by atoms with Crippen LogP contribution in [-0.2, 0) is 29.8 Å². The summed E-state index contributed by atoms with van der Waals surface area (Å²) >= 11 is 0. The summed E-state index contributed by atoms with van der Waals surface area (Å²) < 4.78 is 23.5. The number of H-pyrrole nitrogens is 1. The number of esters is 1. The van der Waals surface area contributed by atoms with Gasteiger partial charge in [-0.1, -0.05) is 46.0 Å². The summed E-state index contributed by atoms with van der Waals surface area (Å²) in [6, 6.07) is -0.783. The van der Waals surface area contributed by atoms with E-state index in [9.17, 15) is 14.2 Å². The molecule has 0 spiro atoms. The van der Waals surface area contributed by atoms with Gasteiger partial charge in [0.2, 0.25) is 5.91 Å². The average Bonchev–Trinajstić information content (AvgIpc) is 3.26. The molecular weight excluding hydrogens is 431 g/mol. The fourth-order valence-electron chi connectivity index (χ4n) is 4.19. The second kappa shape index (κ2) is 13.7. The van der Waals surface area contributed by atoms with Gasteiger partial charge in [0.15, 0.2) is 12.4 Å². The van der Waals surface area contributed by atoms with Gasteiger partial charge in [-0.25, -0.2) is 4.98 Å². The van der Waals surface area contributed by atoms with Crippen LogP contribution in [0, 0.1) is 17.8 Å². The smallest absolute Gasteiger partial charge is 0.469 e. The molecule has 0 saturated heterocycles. The Morgan fingerprint density at radius 1 is 1.31 bits per heavy atom. The van der Waals surface area contributed by atoms with Crippen LogP contribution in [0.2, 0.25) is 0 Å². The Bertz CT molecular complexity index is 722. The number of imidazole rings is 1. The number of amides is 1. The standard InChI is InChI=1S/C22H37N4O5P/c1-15(2)9-17(22(28)30-3)13-32(29)31-20(10-16-7-5-4-6-8-16)26-21(27)19(23)11-18-12-24-14-25-18/h12,14-17,19-20H,4-11,13,23H2,1-3H3,(H-,24,25,26,27)/p+1/t17?,19-,20?/m0/s1. The van der Waals surface area contributed by atoms with Gasteiger partial charge in [0.25, 0.3) is 0 Å². The molecule has 4 N–H and O–H groups in total. The highest BCUT2D eigenvalue weighted by atomic mass is 31.1. The number of hydrogen-bond acceptors (Lipinski definition) is 7. The molecule has 1 fully saturated rings. The number of carbonyl (C=O) groups is 2. The third-order valence-electron chi connectivity index (χ3n) is 5.81. The first-order chi connectivity index (χ1) is 15.3. The maximum absolute atomic E-state index is 12.8. The van der Waals surface area contributed by atoms with Crippen LogP contribution in [0.3, 0.4) is 0 Å². The molecule has 1 amide bonds. The van der Waals surface area contributed by atoms with Crippen LogP contribution in [0.5, 0.6) is 0 Å². The first-order valence-electron chi connectivity index (χ1n) is 11.5. The second-order valence-corrected chi connectivity index (χ2v) is 10.3. The van der Waals surface area contributed by atoms with E-state index in [0.717, 1.165) is 31.4 Å². The van der Waals surface area contributed by atoms with E-state index in [2.05, 4.69) is 15.3 Å². The van der Waals surface area contributed by atoms with Gasteiger partial charge in [0, 0.05) is 18.3 Å². The van der Waals surface area contributed by atoms with Gasteiger partial charge in [-0.2, -0.15) is 0 Å². The summed E-state index contributed by atoms with van der Waals surface area (Å²) in [5.74, 6) is -0.609. The van der Waals surface area contributed by atoms with Crippen LogP contribution >= 0.6 is 8.03 Å². The molecule has 1 aromatic heterocycles. The number of hydrogen-bond donors (Lipinski definition) is 3. The van der Waals surface area contributed by atoms with E-state index in [4.69, 9.17) is 15.0 Å². The number of ether oxygens (including phenoxy) is 1. The van der Waals surface area contributed by atoms with Crippen molar-refractivity contribution in [1.82, 2.24) is 15.3 Å². The quantitative estimate of drug-likeness (QED) is 0.229. The van der Waals surface area contributed by atoms with Gasteiger partial charge in [0.05, 0.1) is 19.5 Å². The predicted molar refractivity (Wildman–Crippen MR) is 122 cm³/mol. The molecule has 1 heterocycles. The minimum atomic E-state index is -2.17. The zero-order valence-corrected chi connectivity index (χ0v) is 20.3. The average molecular weight is 470 g/mol. The topological polar surface area (TPSA) is 136 Å². The number of aromatic nitrogens is 2. The molecular formula is C22H38N4O5P+. The molecule has 0 aromatic carbocycles. The lowest BCUT2D eigenvalue weighted by molar-refractivity contribution is -0.145. The lowest BCUT2D eigenvalue weighted by Crippen LogP contribution is -2.47. The normalized spacial score (nSPS) is 18.1. The number of methoxy groups -OCH3 is 1. The number of carbonyl (C=O) groups excluding carboxylic acids is 2. The Balaban J connectivity index is 2.00. The summed E-state index contributed by atoms with van der Waals surface area (Å²) in [5.41, 5.74) is 6.83. The molecule has 1 aliphatic carbocycles. The molecule has 1 aliphatic rings. The molecule has 10 heteroatoms. The third-order valence-corrected chi connectivity index (χ3v) is 7.04. The highest BCUT2D eigenvalue weighted by molar-refractivity contribution is 7.39. The van der Waals surface area contributed by atoms with Crippen LogP contribution in [0.25, 0.3) is 0 Å². The lowest BCUT2D eigenvalue weighted by atomic mass is 9.86. The minimum Gasteiger partial charge on any atom is -0.469 e. The molecule has 3 unspecified atom stereocenters. The summed E-state index contributed by atoms with van der Waals surface area (Å²) in [4.78, 5) is 31.7. The van der Waals surface area contributed by atoms with Crippen LogP contribution < -0.4 is 11.1 Å². The van der Waals surface area contributed by atoms with Crippen LogP contribution in [-0.4, -0.2) is 47.4 Å². The van der Waals surface area contributed by atoms with Crippen molar-refractivity contribution in [3.05, 3.63) is 18.2 Å². The van der Waals surface area contributed by atoms with Crippen molar-refractivity contribution in [3.8, 4) is 0 Å². The number of aromatic amines is 1. The van der Waals surface area contributed by atoms with E-state index in [-0.39, 0.29) is 24.0 Å². The second-order valence-electron chi connectivity index (χ2n) is 9.09. The van der Waals surface area contributed by atoms with E-state index in [0.29, 0.717) is 25.2 Å². The molecule has 2 rings (SSSR count). The Kier molecular flexibility index (Phi) is 11.3.